The summed E-state index contributed by atoms with van der Waals surface area (Å²) in [7, 11) is 0. The Kier molecular flexibility index (Phi) is 2.84. The number of rotatable bonds is 4. The van der Waals surface area contributed by atoms with E-state index < -0.39 is 0 Å². The molecule has 19 heavy (non-hydrogen) atoms. The van der Waals surface area contributed by atoms with Crippen LogP contribution >= 0.6 is 0 Å². The van der Waals surface area contributed by atoms with Crippen molar-refractivity contribution in [2.75, 3.05) is 19.6 Å². The van der Waals surface area contributed by atoms with Crippen molar-refractivity contribution in [3.05, 3.63) is 11.7 Å². The predicted molar refractivity (Wildman–Crippen MR) is 70.6 cm³/mol. The van der Waals surface area contributed by atoms with Gasteiger partial charge in [-0.05, 0) is 44.2 Å². The highest BCUT2D eigenvalue weighted by Gasteiger charge is 2.43. The van der Waals surface area contributed by atoms with Crippen molar-refractivity contribution in [3.8, 4) is 0 Å². The molecule has 4 rings (SSSR count). The van der Waals surface area contributed by atoms with E-state index in [1.54, 1.807) is 0 Å². The first kappa shape index (κ1) is 11.9. The summed E-state index contributed by atoms with van der Waals surface area (Å²) in [6.45, 7) is 6.70. The van der Waals surface area contributed by atoms with E-state index in [4.69, 9.17) is 4.52 Å². The molecule has 0 spiro atoms. The highest BCUT2D eigenvalue weighted by atomic mass is 16.5. The second kappa shape index (κ2) is 4.56. The van der Waals surface area contributed by atoms with Gasteiger partial charge in [-0.2, -0.15) is 4.98 Å². The first-order chi connectivity index (χ1) is 9.35. The molecule has 2 aliphatic heterocycles. The van der Waals surface area contributed by atoms with Crippen molar-refractivity contribution < 1.29 is 4.52 Å². The van der Waals surface area contributed by atoms with E-state index in [9.17, 15) is 0 Å². The molecule has 2 saturated heterocycles. The lowest BCUT2D eigenvalue weighted by Gasteiger charge is -2.25. The van der Waals surface area contributed by atoms with Gasteiger partial charge in [-0.25, -0.2) is 0 Å². The van der Waals surface area contributed by atoms with E-state index in [0.717, 1.165) is 30.1 Å². The summed E-state index contributed by atoms with van der Waals surface area (Å²) < 4.78 is 5.36. The zero-order valence-electron chi connectivity index (χ0n) is 11.5. The molecule has 3 fully saturated rings. The number of hydrogen-bond acceptors (Lipinski definition) is 5. The van der Waals surface area contributed by atoms with Gasteiger partial charge in [0.05, 0.1) is 6.54 Å². The number of fused-ring (bicyclic) bond motifs is 1. The summed E-state index contributed by atoms with van der Waals surface area (Å²) >= 11 is 0. The van der Waals surface area contributed by atoms with Gasteiger partial charge in [0.25, 0.3) is 0 Å². The lowest BCUT2D eigenvalue weighted by Crippen LogP contribution is -2.34. The number of nitrogens with zero attached hydrogens (tertiary/aromatic N) is 3. The van der Waals surface area contributed by atoms with E-state index in [-0.39, 0.29) is 0 Å². The van der Waals surface area contributed by atoms with Gasteiger partial charge in [-0.15, -0.1) is 0 Å². The maximum absolute atomic E-state index is 5.36. The Hall–Kier alpha value is -0.940. The fourth-order valence-corrected chi connectivity index (χ4v) is 3.86. The lowest BCUT2D eigenvalue weighted by molar-refractivity contribution is 0.203. The van der Waals surface area contributed by atoms with Gasteiger partial charge in [0.2, 0.25) is 5.89 Å². The monoisotopic (exact) mass is 262 g/mol. The van der Waals surface area contributed by atoms with Gasteiger partial charge >= 0.3 is 0 Å². The average Bonchev–Trinajstić information content (AvgIpc) is 2.84. The van der Waals surface area contributed by atoms with Crippen LogP contribution in [0.5, 0.6) is 0 Å². The molecular formula is C14H22N4O. The largest absolute Gasteiger partial charge is 0.339 e. The van der Waals surface area contributed by atoms with Crippen LogP contribution in [0.2, 0.25) is 0 Å². The van der Waals surface area contributed by atoms with Crippen LogP contribution in [-0.2, 0) is 6.54 Å². The normalized spacial score (nSPS) is 34.9. The van der Waals surface area contributed by atoms with Gasteiger partial charge in [0, 0.05) is 18.5 Å². The predicted octanol–water partition coefficient (Wildman–Crippen LogP) is 1.38. The fraction of sp³-hybridized carbons (Fsp3) is 0.857. The van der Waals surface area contributed by atoms with E-state index in [1.807, 2.05) is 0 Å². The molecule has 5 nitrogen and oxygen atoms in total. The molecule has 1 N–H and O–H groups in total. The second-order valence-corrected chi connectivity index (χ2v) is 6.31. The third-order valence-corrected chi connectivity index (χ3v) is 5.00. The Balaban J connectivity index is 1.46. The fourth-order valence-electron chi connectivity index (χ4n) is 3.86. The number of aromatic nitrogens is 2. The molecule has 0 aromatic carbocycles. The number of likely N-dealkylation sites (tertiary alicyclic amines) is 1. The highest BCUT2D eigenvalue weighted by Crippen LogP contribution is 2.39. The molecule has 3 aliphatic rings. The van der Waals surface area contributed by atoms with Crippen LogP contribution in [0.15, 0.2) is 4.52 Å². The Morgan fingerprint density at radius 1 is 1.37 bits per heavy atom. The third kappa shape index (κ3) is 2.09. The summed E-state index contributed by atoms with van der Waals surface area (Å²) in [6.07, 6.45) is 3.66. The molecule has 1 aliphatic carbocycles. The maximum atomic E-state index is 5.36. The van der Waals surface area contributed by atoms with Crippen molar-refractivity contribution in [1.29, 1.82) is 0 Å². The molecule has 5 heteroatoms. The van der Waals surface area contributed by atoms with Crippen molar-refractivity contribution in [1.82, 2.24) is 20.4 Å². The molecule has 104 valence electrons. The van der Waals surface area contributed by atoms with Crippen molar-refractivity contribution in [2.24, 2.45) is 11.8 Å². The first-order valence-corrected chi connectivity index (χ1v) is 7.62. The molecular weight excluding hydrogens is 240 g/mol. The minimum absolute atomic E-state index is 0.561. The van der Waals surface area contributed by atoms with Crippen LogP contribution in [0.3, 0.4) is 0 Å². The number of hydrogen-bond donors (Lipinski definition) is 1. The molecule has 0 radical (unpaired) electrons. The van der Waals surface area contributed by atoms with Gasteiger partial charge in [-0.3, -0.25) is 4.90 Å². The summed E-state index contributed by atoms with van der Waals surface area (Å²) in [6, 6.07) is 0.683. The Morgan fingerprint density at radius 2 is 2.26 bits per heavy atom. The molecule has 3 atom stereocenters. The van der Waals surface area contributed by atoms with Gasteiger partial charge in [-0.1, -0.05) is 12.1 Å². The van der Waals surface area contributed by atoms with Crippen LogP contribution in [0.1, 0.15) is 43.8 Å². The standard InChI is InChI=1S/C14H22N4O/c1-2-12-11-6-15-5-10(11)7-18(12)8-13-16-14(19-17-13)9-3-4-9/h9-12,15H,2-8H2,1H3. The minimum Gasteiger partial charge on any atom is -0.339 e. The third-order valence-electron chi connectivity index (χ3n) is 5.00. The second-order valence-electron chi connectivity index (χ2n) is 6.31. The quantitative estimate of drug-likeness (QED) is 0.888. The molecule has 3 heterocycles. The number of nitrogens with one attached hydrogen (secondary N) is 1. The molecule has 3 unspecified atom stereocenters. The van der Waals surface area contributed by atoms with E-state index >= 15 is 0 Å². The van der Waals surface area contributed by atoms with E-state index in [1.165, 1.54) is 38.9 Å². The van der Waals surface area contributed by atoms with Crippen LogP contribution < -0.4 is 5.32 Å². The average molecular weight is 262 g/mol. The van der Waals surface area contributed by atoms with Crippen LogP contribution in [0, 0.1) is 11.8 Å². The molecule has 0 amide bonds. The van der Waals surface area contributed by atoms with Crippen molar-refractivity contribution in [3.63, 3.8) is 0 Å². The highest BCUT2D eigenvalue weighted by molar-refractivity contribution is 5.03. The lowest BCUT2D eigenvalue weighted by atomic mass is 9.93. The minimum atomic E-state index is 0.561. The molecule has 1 saturated carbocycles. The summed E-state index contributed by atoms with van der Waals surface area (Å²) in [5, 5.41) is 7.68. The Morgan fingerprint density at radius 3 is 3.05 bits per heavy atom. The van der Waals surface area contributed by atoms with Gasteiger partial charge in [0.15, 0.2) is 5.82 Å². The Bertz CT molecular complexity index is 456. The summed E-state index contributed by atoms with van der Waals surface area (Å²) in [5.74, 6) is 3.95. The van der Waals surface area contributed by atoms with Gasteiger partial charge in [0.1, 0.15) is 0 Å². The smallest absolute Gasteiger partial charge is 0.229 e. The van der Waals surface area contributed by atoms with Crippen LogP contribution in [-0.4, -0.2) is 40.7 Å². The zero-order chi connectivity index (χ0) is 12.8. The topological polar surface area (TPSA) is 54.2 Å². The molecule has 1 aromatic rings. The van der Waals surface area contributed by atoms with Crippen LogP contribution in [0.4, 0.5) is 0 Å². The van der Waals surface area contributed by atoms with Crippen molar-refractivity contribution in [2.45, 2.75) is 44.7 Å². The molecule has 1 aromatic heterocycles. The Labute approximate surface area is 113 Å². The summed E-state index contributed by atoms with van der Waals surface area (Å²) in [4.78, 5) is 7.13. The SMILES string of the molecule is CCC1C2CNCC2CN1Cc1noc(C2CC2)n1. The first-order valence-electron chi connectivity index (χ1n) is 7.62. The van der Waals surface area contributed by atoms with Gasteiger partial charge < -0.3 is 9.84 Å². The maximum Gasteiger partial charge on any atom is 0.229 e. The van der Waals surface area contributed by atoms with E-state index in [0.29, 0.717) is 12.0 Å². The van der Waals surface area contributed by atoms with Crippen LogP contribution in [0.25, 0.3) is 0 Å². The van der Waals surface area contributed by atoms with Crippen molar-refractivity contribution >= 4 is 0 Å². The van der Waals surface area contributed by atoms with E-state index in [2.05, 4.69) is 27.3 Å². The zero-order valence-corrected chi connectivity index (χ0v) is 11.5. The summed E-state index contributed by atoms with van der Waals surface area (Å²) in [5.41, 5.74) is 0. The molecule has 0 bridgehead atoms.